The predicted molar refractivity (Wildman–Crippen MR) is 108 cm³/mol. The number of aryl methyl sites for hydroxylation is 1. The average molecular weight is 388 g/mol. The normalized spacial score (nSPS) is 16.2. The van der Waals surface area contributed by atoms with Crippen LogP contribution in [0.2, 0.25) is 0 Å². The third kappa shape index (κ3) is 4.43. The lowest BCUT2D eigenvalue weighted by Gasteiger charge is -2.05. The summed E-state index contributed by atoms with van der Waals surface area (Å²) in [6.45, 7) is 1.92. The van der Waals surface area contributed by atoms with Crippen molar-refractivity contribution < 1.29 is 18.7 Å². The molecule has 29 heavy (non-hydrogen) atoms. The molecule has 1 N–H and O–H groups in total. The number of aromatic nitrogens is 1. The molecule has 0 spiro atoms. The molecule has 1 amide bonds. The van der Waals surface area contributed by atoms with Crippen LogP contribution in [0.15, 0.2) is 65.1 Å². The number of hydrogen-bond acceptors (Lipinski definition) is 5. The van der Waals surface area contributed by atoms with Crippen molar-refractivity contribution in [1.29, 1.82) is 0 Å². The first-order chi connectivity index (χ1) is 14.1. The first-order valence-electron chi connectivity index (χ1n) is 9.38. The molecule has 0 radical (unpaired) electrons. The fourth-order valence-corrected chi connectivity index (χ4v) is 3.16. The second kappa shape index (κ2) is 8.14. The number of ether oxygens (including phenoxy) is 1. The van der Waals surface area contributed by atoms with Crippen molar-refractivity contribution in [3.63, 3.8) is 0 Å². The number of oxazole rings is 1. The lowest BCUT2D eigenvalue weighted by atomic mass is 10.0. The Labute approximate surface area is 168 Å². The van der Waals surface area contributed by atoms with Crippen LogP contribution in [0.5, 0.6) is 0 Å². The Kier molecular flexibility index (Phi) is 5.24. The SMILES string of the molecule is Cc1oc(-c2ccccc2)nc1CC=Cc1ccc(CC2NC(=O)OC2=O)cc1. The molecule has 0 bridgehead atoms. The molecule has 1 aromatic heterocycles. The topological polar surface area (TPSA) is 81.4 Å². The van der Waals surface area contributed by atoms with Crippen LogP contribution in [0.25, 0.3) is 17.5 Å². The van der Waals surface area contributed by atoms with Crippen molar-refractivity contribution in [3.8, 4) is 11.5 Å². The Bertz CT molecular complexity index is 1050. The highest BCUT2D eigenvalue weighted by molar-refractivity contribution is 5.95. The standard InChI is InChI=1S/C23H20N2O4/c1-15-19(24-21(28-15)18-7-3-2-4-8-18)9-5-6-16-10-12-17(13-11-16)14-20-22(26)29-23(27)25-20/h2-8,10-13,20H,9,14H2,1H3,(H,25,27). The second-order valence-corrected chi connectivity index (χ2v) is 6.85. The smallest absolute Gasteiger partial charge is 0.415 e. The van der Waals surface area contributed by atoms with Gasteiger partial charge in [-0.05, 0) is 30.2 Å². The maximum absolute atomic E-state index is 11.5. The molecular weight excluding hydrogens is 368 g/mol. The lowest BCUT2D eigenvalue weighted by molar-refractivity contribution is -0.135. The largest absolute Gasteiger partial charge is 0.441 e. The van der Waals surface area contributed by atoms with E-state index in [0.29, 0.717) is 18.7 Å². The maximum Gasteiger partial charge on any atom is 0.415 e. The van der Waals surface area contributed by atoms with E-state index in [1.54, 1.807) is 0 Å². The van der Waals surface area contributed by atoms with Crippen LogP contribution in [-0.4, -0.2) is 23.1 Å². The number of nitrogens with one attached hydrogen (secondary N) is 1. The fourth-order valence-electron chi connectivity index (χ4n) is 3.16. The van der Waals surface area contributed by atoms with E-state index < -0.39 is 18.1 Å². The van der Waals surface area contributed by atoms with Crippen molar-refractivity contribution in [2.75, 3.05) is 0 Å². The quantitative estimate of drug-likeness (QED) is 0.508. The zero-order chi connectivity index (χ0) is 20.2. The number of rotatable bonds is 6. The Hall–Kier alpha value is -3.67. The Balaban J connectivity index is 1.37. The number of carbonyl (C=O) groups is 2. The lowest BCUT2D eigenvalue weighted by Crippen LogP contribution is -2.30. The van der Waals surface area contributed by atoms with Crippen molar-refractivity contribution in [3.05, 3.63) is 83.3 Å². The molecule has 1 aliphatic rings. The van der Waals surface area contributed by atoms with Gasteiger partial charge in [0.05, 0.1) is 5.69 Å². The minimum atomic E-state index is -0.682. The summed E-state index contributed by atoms with van der Waals surface area (Å²) in [6.07, 6.45) is 4.46. The summed E-state index contributed by atoms with van der Waals surface area (Å²) in [5.41, 5.74) is 3.86. The number of hydrogen-bond donors (Lipinski definition) is 1. The van der Waals surface area contributed by atoms with Gasteiger partial charge in [-0.2, -0.15) is 0 Å². The van der Waals surface area contributed by atoms with E-state index in [1.807, 2.05) is 73.7 Å². The molecule has 1 saturated heterocycles. The van der Waals surface area contributed by atoms with Gasteiger partial charge in [0, 0.05) is 18.4 Å². The third-order valence-electron chi connectivity index (χ3n) is 4.72. The van der Waals surface area contributed by atoms with Crippen molar-refractivity contribution in [2.45, 2.75) is 25.8 Å². The van der Waals surface area contributed by atoms with E-state index in [2.05, 4.69) is 15.0 Å². The van der Waals surface area contributed by atoms with E-state index in [0.717, 1.165) is 28.1 Å². The van der Waals surface area contributed by atoms with Crippen molar-refractivity contribution in [1.82, 2.24) is 10.3 Å². The number of nitrogens with zero attached hydrogens (tertiary/aromatic N) is 1. The van der Waals surface area contributed by atoms with Crippen LogP contribution < -0.4 is 5.32 Å². The van der Waals surface area contributed by atoms with Crippen LogP contribution in [0.3, 0.4) is 0 Å². The second-order valence-electron chi connectivity index (χ2n) is 6.85. The first kappa shape index (κ1) is 18.7. The highest BCUT2D eigenvalue weighted by Gasteiger charge is 2.32. The van der Waals surface area contributed by atoms with Gasteiger partial charge in [0.25, 0.3) is 0 Å². The number of alkyl carbamates (subject to hydrolysis) is 1. The fraction of sp³-hybridized carbons (Fsp3) is 0.174. The van der Waals surface area contributed by atoms with Gasteiger partial charge in [-0.25, -0.2) is 14.6 Å². The summed E-state index contributed by atoms with van der Waals surface area (Å²) in [5.74, 6) is 0.916. The predicted octanol–water partition coefficient (Wildman–Crippen LogP) is 4.08. The summed E-state index contributed by atoms with van der Waals surface area (Å²) in [6, 6.07) is 17.0. The molecule has 1 atom stereocenters. The highest BCUT2D eigenvalue weighted by Crippen LogP contribution is 2.22. The van der Waals surface area contributed by atoms with E-state index in [9.17, 15) is 9.59 Å². The molecule has 0 aliphatic carbocycles. The highest BCUT2D eigenvalue weighted by atomic mass is 16.6. The number of benzene rings is 2. The molecule has 1 aliphatic heterocycles. The Morgan fingerprint density at radius 3 is 2.52 bits per heavy atom. The summed E-state index contributed by atoms with van der Waals surface area (Å²) in [7, 11) is 0. The molecule has 3 aromatic rings. The molecule has 4 rings (SSSR count). The van der Waals surface area contributed by atoms with Gasteiger partial charge in [0.15, 0.2) is 0 Å². The van der Waals surface area contributed by atoms with Crippen LogP contribution in [0.1, 0.15) is 22.6 Å². The third-order valence-corrected chi connectivity index (χ3v) is 4.72. The summed E-state index contributed by atoms with van der Waals surface area (Å²) < 4.78 is 10.3. The minimum absolute atomic E-state index is 0.412. The number of esters is 1. The zero-order valence-electron chi connectivity index (χ0n) is 15.9. The number of amides is 1. The molecule has 1 fully saturated rings. The van der Waals surface area contributed by atoms with Gasteiger partial charge in [-0.15, -0.1) is 0 Å². The monoisotopic (exact) mass is 388 g/mol. The van der Waals surface area contributed by atoms with Crippen LogP contribution in [0, 0.1) is 6.92 Å². The van der Waals surface area contributed by atoms with Crippen LogP contribution >= 0.6 is 0 Å². The van der Waals surface area contributed by atoms with Crippen LogP contribution in [-0.2, 0) is 22.4 Å². The molecule has 146 valence electrons. The Morgan fingerprint density at radius 2 is 1.83 bits per heavy atom. The van der Waals surface area contributed by atoms with Gasteiger partial charge in [0.1, 0.15) is 11.8 Å². The maximum atomic E-state index is 11.5. The minimum Gasteiger partial charge on any atom is -0.441 e. The Morgan fingerprint density at radius 1 is 1.07 bits per heavy atom. The molecule has 2 heterocycles. The van der Waals surface area contributed by atoms with Crippen molar-refractivity contribution in [2.24, 2.45) is 0 Å². The van der Waals surface area contributed by atoms with Crippen molar-refractivity contribution >= 4 is 18.1 Å². The number of allylic oxidation sites excluding steroid dienone is 1. The molecule has 2 aromatic carbocycles. The van der Waals surface area contributed by atoms with E-state index >= 15 is 0 Å². The average Bonchev–Trinajstić information content (AvgIpc) is 3.25. The summed E-state index contributed by atoms with van der Waals surface area (Å²) in [5, 5.41) is 2.50. The van der Waals surface area contributed by atoms with E-state index in [-0.39, 0.29) is 0 Å². The van der Waals surface area contributed by atoms with Gasteiger partial charge in [-0.3, -0.25) is 0 Å². The summed E-state index contributed by atoms with van der Waals surface area (Å²) in [4.78, 5) is 27.2. The van der Waals surface area contributed by atoms with Gasteiger partial charge in [-0.1, -0.05) is 54.6 Å². The first-order valence-corrected chi connectivity index (χ1v) is 9.38. The number of cyclic esters (lactones) is 2. The summed E-state index contributed by atoms with van der Waals surface area (Å²) >= 11 is 0. The number of carbonyl (C=O) groups excluding carboxylic acids is 2. The molecule has 6 heteroatoms. The zero-order valence-corrected chi connectivity index (χ0v) is 15.9. The van der Waals surface area contributed by atoms with Gasteiger partial charge < -0.3 is 14.5 Å². The van der Waals surface area contributed by atoms with E-state index in [1.165, 1.54) is 0 Å². The molecule has 1 unspecified atom stereocenters. The molecular formula is C23H20N2O4. The van der Waals surface area contributed by atoms with Gasteiger partial charge in [0.2, 0.25) is 5.89 Å². The molecule has 6 nitrogen and oxygen atoms in total. The molecule has 0 saturated carbocycles. The van der Waals surface area contributed by atoms with E-state index in [4.69, 9.17) is 4.42 Å². The van der Waals surface area contributed by atoms with Crippen LogP contribution in [0.4, 0.5) is 4.79 Å². The van der Waals surface area contributed by atoms with Gasteiger partial charge >= 0.3 is 12.1 Å².